The zero-order chi connectivity index (χ0) is 19.3. The molecule has 0 amide bonds. The molecule has 7 heteroatoms. The van der Waals surface area contributed by atoms with Gasteiger partial charge in [-0.25, -0.2) is 4.98 Å². The third-order valence-corrected chi connectivity index (χ3v) is 5.79. The number of hydrogen-bond acceptors (Lipinski definition) is 7. The van der Waals surface area contributed by atoms with Gasteiger partial charge in [0.1, 0.15) is 17.5 Å². The second-order valence-electron chi connectivity index (χ2n) is 8.21. The highest BCUT2D eigenvalue weighted by atomic mass is 16.5. The van der Waals surface area contributed by atoms with Crippen LogP contribution < -0.4 is 10.6 Å². The molecule has 2 aliphatic carbocycles. The zero-order valence-corrected chi connectivity index (χ0v) is 16.4. The minimum absolute atomic E-state index is 0.106. The Kier molecular flexibility index (Phi) is 6.51. The van der Waals surface area contributed by atoms with Crippen molar-refractivity contribution in [3.8, 4) is 6.07 Å². The molecule has 0 aromatic carbocycles. The quantitative estimate of drug-likeness (QED) is 0.681. The molecule has 0 spiro atoms. The fourth-order valence-electron chi connectivity index (χ4n) is 4.22. The van der Waals surface area contributed by atoms with Crippen molar-refractivity contribution >= 4 is 11.8 Å². The first-order chi connectivity index (χ1) is 13.0. The summed E-state index contributed by atoms with van der Waals surface area (Å²) in [7, 11) is 1.77. The van der Waals surface area contributed by atoms with E-state index in [4.69, 9.17) is 4.74 Å². The minimum Gasteiger partial charge on any atom is -0.390 e. The van der Waals surface area contributed by atoms with E-state index in [0.717, 1.165) is 51.4 Å². The van der Waals surface area contributed by atoms with Crippen molar-refractivity contribution in [3.05, 3.63) is 11.8 Å². The second-order valence-corrected chi connectivity index (χ2v) is 8.21. The molecule has 0 bridgehead atoms. The Morgan fingerprint density at radius 2 is 1.96 bits per heavy atom. The van der Waals surface area contributed by atoms with Gasteiger partial charge in [0.25, 0.3) is 0 Å². The van der Waals surface area contributed by atoms with Gasteiger partial charge in [-0.15, -0.1) is 0 Å². The number of ether oxygens (including phenoxy) is 1. The number of nitriles is 1. The molecule has 2 aliphatic rings. The van der Waals surface area contributed by atoms with Crippen molar-refractivity contribution in [2.45, 2.75) is 88.5 Å². The van der Waals surface area contributed by atoms with Gasteiger partial charge < -0.3 is 20.5 Å². The van der Waals surface area contributed by atoms with Crippen LogP contribution in [0.5, 0.6) is 0 Å². The largest absolute Gasteiger partial charge is 0.390 e. The molecular formula is C20H31N5O2. The highest BCUT2D eigenvalue weighted by Crippen LogP contribution is 2.29. The summed E-state index contributed by atoms with van der Waals surface area (Å²) in [5.74, 6) is 1.11. The smallest absolute Gasteiger partial charge is 0.224 e. The molecule has 148 valence electrons. The van der Waals surface area contributed by atoms with E-state index in [1.807, 2.05) is 6.92 Å². The second kappa shape index (κ2) is 8.85. The van der Waals surface area contributed by atoms with Crippen LogP contribution >= 0.6 is 0 Å². The zero-order valence-electron chi connectivity index (χ0n) is 16.4. The van der Waals surface area contributed by atoms with Crippen molar-refractivity contribution < 1.29 is 9.84 Å². The normalized spacial score (nSPS) is 31.6. The average molecular weight is 374 g/mol. The maximum Gasteiger partial charge on any atom is 0.224 e. The summed E-state index contributed by atoms with van der Waals surface area (Å²) >= 11 is 0. The standard InChI is InChI=1S/C20H31N5O2/c1-20(26)10-4-3-5-16(11-20)23-18-14(12-21)13-22-19(25-18)24-15-6-8-17(27-2)9-7-15/h13,15-17,26H,3-11H2,1-2H3,(H2,22,23,24,25)/t15?,16-,17?,20+/m1/s1. The van der Waals surface area contributed by atoms with Crippen molar-refractivity contribution in [3.63, 3.8) is 0 Å². The number of nitrogens with one attached hydrogen (secondary N) is 2. The lowest BCUT2D eigenvalue weighted by molar-refractivity contribution is 0.0420. The third-order valence-electron chi connectivity index (χ3n) is 5.79. The predicted molar refractivity (Wildman–Crippen MR) is 105 cm³/mol. The maximum atomic E-state index is 10.5. The molecule has 7 nitrogen and oxygen atoms in total. The van der Waals surface area contributed by atoms with Crippen molar-refractivity contribution in [2.24, 2.45) is 0 Å². The molecule has 0 radical (unpaired) electrons. The lowest BCUT2D eigenvalue weighted by Crippen LogP contribution is -2.32. The molecule has 3 rings (SSSR count). The number of aliphatic hydroxyl groups is 1. The van der Waals surface area contributed by atoms with Crippen molar-refractivity contribution in [2.75, 3.05) is 17.7 Å². The van der Waals surface area contributed by atoms with Crippen molar-refractivity contribution in [1.29, 1.82) is 5.26 Å². The van der Waals surface area contributed by atoms with E-state index in [2.05, 4.69) is 26.7 Å². The number of nitrogens with zero attached hydrogens (tertiary/aromatic N) is 3. The number of methoxy groups -OCH3 is 1. The van der Waals surface area contributed by atoms with Crippen LogP contribution in [-0.2, 0) is 4.74 Å². The molecule has 2 fully saturated rings. The third kappa shape index (κ3) is 5.53. The first-order valence-electron chi connectivity index (χ1n) is 10.0. The summed E-state index contributed by atoms with van der Waals surface area (Å²) in [6.45, 7) is 1.89. The van der Waals surface area contributed by atoms with Gasteiger partial charge >= 0.3 is 0 Å². The highest BCUT2D eigenvalue weighted by molar-refractivity contribution is 5.54. The van der Waals surface area contributed by atoms with Gasteiger partial charge in [0.2, 0.25) is 5.95 Å². The van der Waals surface area contributed by atoms with Gasteiger partial charge in [-0.1, -0.05) is 12.8 Å². The van der Waals surface area contributed by atoms with E-state index in [1.54, 1.807) is 13.3 Å². The summed E-state index contributed by atoms with van der Waals surface area (Å²) in [4.78, 5) is 8.90. The van der Waals surface area contributed by atoms with E-state index in [-0.39, 0.29) is 6.04 Å². The summed E-state index contributed by atoms with van der Waals surface area (Å²) in [5.41, 5.74) is -0.234. The van der Waals surface area contributed by atoms with Gasteiger partial charge in [0.15, 0.2) is 0 Å². The fourth-order valence-corrected chi connectivity index (χ4v) is 4.22. The summed E-state index contributed by atoms with van der Waals surface area (Å²) in [6, 6.07) is 2.61. The van der Waals surface area contributed by atoms with Gasteiger partial charge in [-0.05, 0) is 51.9 Å². The van der Waals surface area contributed by atoms with Crippen LogP contribution in [0.3, 0.4) is 0 Å². The molecule has 2 atom stereocenters. The Bertz CT molecular complexity index is 665. The van der Waals surface area contributed by atoms with Crippen LogP contribution in [-0.4, -0.2) is 46.0 Å². The van der Waals surface area contributed by atoms with Crippen LogP contribution in [0.4, 0.5) is 11.8 Å². The summed E-state index contributed by atoms with van der Waals surface area (Å²) < 4.78 is 5.43. The monoisotopic (exact) mass is 373 g/mol. The van der Waals surface area contributed by atoms with E-state index < -0.39 is 5.60 Å². The molecule has 0 aliphatic heterocycles. The molecule has 0 unspecified atom stereocenters. The Labute approximate surface area is 161 Å². The van der Waals surface area contributed by atoms with Crippen molar-refractivity contribution in [1.82, 2.24) is 9.97 Å². The van der Waals surface area contributed by atoms with Gasteiger partial charge in [0.05, 0.1) is 17.9 Å². The minimum atomic E-state index is -0.672. The first-order valence-corrected chi connectivity index (χ1v) is 10.0. The van der Waals surface area contributed by atoms with Gasteiger partial charge in [0, 0.05) is 19.2 Å². The molecule has 3 N–H and O–H groups in total. The predicted octanol–water partition coefficient (Wildman–Crippen LogP) is 3.21. The van der Waals surface area contributed by atoms with Crippen LogP contribution in [0.25, 0.3) is 0 Å². The van der Waals surface area contributed by atoms with Crippen LogP contribution in [0, 0.1) is 11.3 Å². The Morgan fingerprint density at radius 3 is 2.67 bits per heavy atom. The van der Waals surface area contributed by atoms with Gasteiger partial charge in [-0.2, -0.15) is 10.2 Å². The van der Waals surface area contributed by atoms with E-state index in [0.29, 0.717) is 35.9 Å². The van der Waals surface area contributed by atoms with E-state index in [9.17, 15) is 10.4 Å². The van der Waals surface area contributed by atoms with Gasteiger partial charge in [-0.3, -0.25) is 0 Å². The molecule has 2 saturated carbocycles. The molecule has 1 aromatic rings. The van der Waals surface area contributed by atoms with E-state index >= 15 is 0 Å². The number of anilines is 2. The first kappa shape index (κ1) is 19.8. The Hall–Kier alpha value is -1.91. The Balaban J connectivity index is 1.67. The lowest BCUT2D eigenvalue weighted by Gasteiger charge is -2.28. The summed E-state index contributed by atoms with van der Waals surface area (Å²) in [6.07, 6.45) is 10.6. The molecule has 1 heterocycles. The summed E-state index contributed by atoms with van der Waals surface area (Å²) in [5, 5.41) is 26.7. The molecule has 27 heavy (non-hydrogen) atoms. The topological polar surface area (TPSA) is 103 Å². The maximum absolute atomic E-state index is 10.5. The number of aromatic nitrogens is 2. The van der Waals surface area contributed by atoms with E-state index in [1.165, 1.54) is 0 Å². The fraction of sp³-hybridized carbons (Fsp3) is 0.750. The molecule has 0 saturated heterocycles. The van der Waals surface area contributed by atoms with Crippen LogP contribution in [0.1, 0.15) is 70.3 Å². The van der Waals surface area contributed by atoms with Crippen LogP contribution in [0.2, 0.25) is 0 Å². The average Bonchev–Trinajstić information content (AvgIpc) is 2.82. The Morgan fingerprint density at radius 1 is 1.19 bits per heavy atom. The lowest BCUT2D eigenvalue weighted by atomic mass is 9.93. The number of hydrogen-bond donors (Lipinski definition) is 3. The van der Waals surface area contributed by atoms with Crippen LogP contribution in [0.15, 0.2) is 6.20 Å². The molecule has 1 aromatic heterocycles. The number of rotatable bonds is 5. The SMILES string of the molecule is COC1CCC(Nc2ncc(C#N)c(N[C@@H]3CCCC[C@](C)(O)C3)n2)CC1. The highest BCUT2D eigenvalue weighted by Gasteiger charge is 2.29. The molecular weight excluding hydrogens is 342 g/mol.